The number of carbonyl (C=O) groups excluding carboxylic acids is 1. The van der Waals surface area contributed by atoms with Gasteiger partial charge in [0.15, 0.2) is 0 Å². The van der Waals surface area contributed by atoms with Gasteiger partial charge in [0.05, 0.1) is 17.4 Å². The summed E-state index contributed by atoms with van der Waals surface area (Å²) in [7, 11) is 0. The van der Waals surface area contributed by atoms with Gasteiger partial charge < -0.3 is 10.3 Å². The molecule has 0 fully saturated rings. The van der Waals surface area contributed by atoms with Crippen LogP contribution in [0.3, 0.4) is 0 Å². The molecule has 0 radical (unpaired) electrons. The number of nitrogens with one attached hydrogen (secondary N) is 2. The number of aromatic amines is 1. The minimum atomic E-state index is 0.0303. The van der Waals surface area contributed by atoms with Crippen LogP contribution in [0.5, 0.6) is 0 Å². The highest BCUT2D eigenvalue weighted by Crippen LogP contribution is 2.22. The molecule has 1 aromatic heterocycles. The summed E-state index contributed by atoms with van der Waals surface area (Å²) >= 11 is 0. The second kappa shape index (κ2) is 8.40. The molecule has 0 saturated carbocycles. The van der Waals surface area contributed by atoms with E-state index < -0.39 is 0 Å². The summed E-state index contributed by atoms with van der Waals surface area (Å²) in [6.45, 7) is 4.53. The standard InChI is InChI=1S/C23H26N4O/c1-17(18-8-4-2-5-9-18)24-22(28)13-15-27-14-12-20-21(16-27)26-23(25-20)19-10-6-3-7-11-19/h2-11,17H,12-16H2,1H3,(H,24,28)(H,25,26)/t17-/m1/s1. The maximum Gasteiger partial charge on any atom is 0.221 e. The number of hydrogen-bond donors (Lipinski definition) is 2. The van der Waals surface area contributed by atoms with Crippen molar-refractivity contribution in [2.45, 2.75) is 32.4 Å². The molecule has 2 heterocycles. The number of rotatable bonds is 6. The second-order valence-corrected chi connectivity index (χ2v) is 7.35. The average molecular weight is 374 g/mol. The van der Waals surface area contributed by atoms with Gasteiger partial charge in [-0.25, -0.2) is 4.98 Å². The molecule has 0 bridgehead atoms. The Morgan fingerprint density at radius 1 is 1.14 bits per heavy atom. The second-order valence-electron chi connectivity index (χ2n) is 7.35. The Kier molecular flexibility index (Phi) is 5.53. The predicted molar refractivity (Wildman–Crippen MR) is 111 cm³/mol. The van der Waals surface area contributed by atoms with Crippen molar-refractivity contribution in [1.82, 2.24) is 20.2 Å². The fraction of sp³-hybridized carbons (Fsp3) is 0.304. The van der Waals surface area contributed by atoms with Gasteiger partial charge in [0.1, 0.15) is 5.82 Å². The Morgan fingerprint density at radius 2 is 1.86 bits per heavy atom. The lowest BCUT2D eigenvalue weighted by molar-refractivity contribution is -0.122. The highest BCUT2D eigenvalue weighted by molar-refractivity contribution is 5.76. The predicted octanol–water partition coefficient (Wildman–Crippen LogP) is 3.70. The minimum Gasteiger partial charge on any atom is -0.350 e. The Hall–Kier alpha value is -2.92. The molecule has 0 unspecified atom stereocenters. The Balaban J connectivity index is 1.30. The van der Waals surface area contributed by atoms with Crippen molar-refractivity contribution in [3.05, 3.63) is 77.6 Å². The Morgan fingerprint density at radius 3 is 2.61 bits per heavy atom. The molecule has 28 heavy (non-hydrogen) atoms. The molecule has 4 rings (SSSR count). The summed E-state index contributed by atoms with van der Waals surface area (Å²) in [5.74, 6) is 1.03. The van der Waals surface area contributed by atoms with Crippen LogP contribution in [-0.4, -0.2) is 33.9 Å². The zero-order chi connectivity index (χ0) is 19.3. The van der Waals surface area contributed by atoms with Crippen LogP contribution in [-0.2, 0) is 17.8 Å². The smallest absolute Gasteiger partial charge is 0.221 e. The summed E-state index contributed by atoms with van der Waals surface area (Å²) in [4.78, 5) is 22.9. The first kappa shape index (κ1) is 18.4. The van der Waals surface area contributed by atoms with Crippen LogP contribution >= 0.6 is 0 Å². The quantitative estimate of drug-likeness (QED) is 0.692. The fourth-order valence-corrected chi connectivity index (χ4v) is 3.67. The van der Waals surface area contributed by atoms with Crippen LogP contribution < -0.4 is 5.32 Å². The molecule has 5 heteroatoms. The summed E-state index contributed by atoms with van der Waals surface area (Å²) in [5, 5.41) is 3.09. The van der Waals surface area contributed by atoms with Crippen LogP contribution in [0.1, 0.15) is 36.3 Å². The van der Waals surface area contributed by atoms with Crippen molar-refractivity contribution in [3.63, 3.8) is 0 Å². The van der Waals surface area contributed by atoms with Crippen LogP contribution in [0.25, 0.3) is 11.4 Å². The van der Waals surface area contributed by atoms with Crippen LogP contribution in [0, 0.1) is 0 Å². The molecule has 3 aromatic rings. The highest BCUT2D eigenvalue weighted by atomic mass is 16.1. The maximum atomic E-state index is 12.3. The Bertz CT molecular complexity index is 920. The molecule has 1 aliphatic heterocycles. The molecule has 0 aliphatic carbocycles. The molecular formula is C23H26N4O. The van der Waals surface area contributed by atoms with E-state index in [1.807, 2.05) is 55.5 Å². The van der Waals surface area contributed by atoms with E-state index in [0.717, 1.165) is 48.7 Å². The zero-order valence-electron chi connectivity index (χ0n) is 16.2. The third-order valence-electron chi connectivity index (χ3n) is 5.29. The van der Waals surface area contributed by atoms with Gasteiger partial charge in [-0.2, -0.15) is 0 Å². The molecule has 144 valence electrons. The van der Waals surface area contributed by atoms with Gasteiger partial charge >= 0.3 is 0 Å². The van der Waals surface area contributed by atoms with E-state index in [9.17, 15) is 4.79 Å². The molecule has 1 aliphatic rings. The van der Waals surface area contributed by atoms with E-state index in [1.54, 1.807) is 0 Å². The van der Waals surface area contributed by atoms with Gasteiger partial charge in [-0.1, -0.05) is 60.7 Å². The summed E-state index contributed by atoms with van der Waals surface area (Å²) in [5.41, 5.74) is 4.56. The SMILES string of the molecule is C[C@@H](NC(=O)CCN1CCc2nc(-c3ccccc3)[nH]c2C1)c1ccccc1. The number of fused-ring (bicyclic) bond motifs is 1. The topological polar surface area (TPSA) is 61.0 Å². The highest BCUT2D eigenvalue weighted by Gasteiger charge is 2.21. The minimum absolute atomic E-state index is 0.0303. The fourth-order valence-electron chi connectivity index (χ4n) is 3.67. The number of H-pyrrole nitrogens is 1. The van der Waals surface area contributed by atoms with Crippen LogP contribution in [0.15, 0.2) is 60.7 Å². The van der Waals surface area contributed by atoms with Gasteiger partial charge in [0, 0.05) is 38.0 Å². The van der Waals surface area contributed by atoms with Crippen molar-refractivity contribution >= 4 is 5.91 Å². The Labute approximate surface area is 165 Å². The van der Waals surface area contributed by atoms with Crippen molar-refractivity contribution in [3.8, 4) is 11.4 Å². The first-order valence-electron chi connectivity index (χ1n) is 9.89. The molecule has 5 nitrogen and oxygen atoms in total. The first-order valence-corrected chi connectivity index (χ1v) is 9.89. The van der Waals surface area contributed by atoms with E-state index in [1.165, 1.54) is 5.69 Å². The van der Waals surface area contributed by atoms with Crippen molar-refractivity contribution in [1.29, 1.82) is 0 Å². The lowest BCUT2D eigenvalue weighted by Gasteiger charge is -2.26. The van der Waals surface area contributed by atoms with Gasteiger partial charge in [-0.05, 0) is 12.5 Å². The van der Waals surface area contributed by atoms with Crippen molar-refractivity contribution in [2.75, 3.05) is 13.1 Å². The normalized spacial score (nSPS) is 15.0. The van der Waals surface area contributed by atoms with Gasteiger partial charge in [0.25, 0.3) is 0 Å². The molecule has 2 N–H and O–H groups in total. The monoisotopic (exact) mass is 374 g/mol. The number of amides is 1. The molecule has 0 spiro atoms. The lowest BCUT2D eigenvalue weighted by Crippen LogP contribution is -2.35. The molecular weight excluding hydrogens is 348 g/mol. The number of benzene rings is 2. The number of aromatic nitrogens is 2. The third-order valence-corrected chi connectivity index (χ3v) is 5.29. The van der Waals surface area contributed by atoms with E-state index in [4.69, 9.17) is 4.98 Å². The van der Waals surface area contributed by atoms with E-state index in [-0.39, 0.29) is 11.9 Å². The molecule has 2 aromatic carbocycles. The zero-order valence-corrected chi connectivity index (χ0v) is 16.2. The van der Waals surface area contributed by atoms with E-state index in [0.29, 0.717) is 6.42 Å². The number of hydrogen-bond acceptors (Lipinski definition) is 3. The van der Waals surface area contributed by atoms with Crippen LogP contribution in [0.2, 0.25) is 0 Å². The number of carbonyl (C=O) groups is 1. The van der Waals surface area contributed by atoms with E-state index >= 15 is 0 Å². The maximum absolute atomic E-state index is 12.3. The van der Waals surface area contributed by atoms with Crippen molar-refractivity contribution in [2.24, 2.45) is 0 Å². The molecule has 0 saturated heterocycles. The van der Waals surface area contributed by atoms with Gasteiger partial charge in [-0.15, -0.1) is 0 Å². The van der Waals surface area contributed by atoms with E-state index in [2.05, 4.69) is 27.3 Å². The summed E-state index contributed by atoms with van der Waals surface area (Å²) in [6, 6.07) is 20.3. The lowest BCUT2D eigenvalue weighted by atomic mass is 10.1. The van der Waals surface area contributed by atoms with Gasteiger partial charge in [-0.3, -0.25) is 9.69 Å². The van der Waals surface area contributed by atoms with Gasteiger partial charge in [0.2, 0.25) is 5.91 Å². The average Bonchev–Trinajstić information content (AvgIpc) is 3.17. The van der Waals surface area contributed by atoms with Crippen molar-refractivity contribution < 1.29 is 4.79 Å². The summed E-state index contributed by atoms with van der Waals surface area (Å²) < 4.78 is 0. The summed E-state index contributed by atoms with van der Waals surface area (Å²) in [6.07, 6.45) is 1.42. The van der Waals surface area contributed by atoms with Crippen LogP contribution in [0.4, 0.5) is 0 Å². The third kappa shape index (κ3) is 4.31. The largest absolute Gasteiger partial charge is 0.350 e. The number of imidazole rings is 1. The number of nitrogens with zero attached hydrogens (tertiary/aromatic N) is 2. The first-order chi connectivity index (χ1) is 13.7. The molecule has 1 atom stereocenters. The molecule has 1 amide bonds.